The molecule has 4 nitrogen and oxygen atoms in total. The van der Waals surface area contributed by atoms with Gasteiger partial charge in [-0.2, -0.15) is 5.10 Å². The molecule has 0 amide bonds. The summed E-state index contributed by atoms with van der Waals surface area (Å²) >= 11 is 0. The Morgan fingerprint density at radius 3 is 2.23 bits per heavy atom. The van der Waals surface area contributed by atoms with Gasteiger partial charge in [0.15, 0.2) is 0 Å². The molecule has 1 aromatic heterocycles. The molecule has 2 aromatic rings. The Balaban J connectivity index is 1.25. The second-order valence-corrected chi connectivity index (χ2v) is 9.11. The second kappa shape index (κ2) is 3.29. The van der Waals surface area contributed by atoms with Gasteiger partial charge in [0, 0.05) is 30.2 Å². The number of hydrogen-bond acceptors (Lipinski definition) is 2. The van der Waals surface area contributed by atoms with Crippen molar-refractivity contribution in [2.24, 2.45) is 35.5 Å². The first kappa shape index (κ1) is 13.2. The molecule has 132 valence electrons. The van der Waals surface area contributed by atoms with E-state index in [2.05, 4.69) is 5.10 Å². The average molecular weight is 357 g/mol. The molecule has 0 saturated heterocycles. The number of halogens is 3. The van der Waals surface area contributed by atoms with E-state index in [4.69, 9.17) is 0 Å². The van der Waals surface area contributed by atoms with Crippen molar-refractivity contribution in [1.29, 1.82) is 0 Å². The molecule has 9 rings (SSSR count). The quantitative estimate of drug-likeness (QED) is 0.825. The van der Waals surface area contributed by atoms with Crippen molar-refractivity contribution in [3.63, 3.8) is 0 Å². The minimum absolute atomic E-state index is 0.166. The van der Waals surface area contributed by atoms with Crippen LogP contribution in [0.1, 0.15) is 23.9 Å². The number of rotatable bonds is 2. The number of aryl methyl sites for hydroxylation is 1. The van der Waals surface area contributed by atoms with Crippen LogP contribution in [0.2, 0.25) is 0 Å². The highest BCUT2D eigenvalue weighted by Crippen LogP contribution is 3.06. The molecule has 2 heterocycles. The lowest BCUT2D eigenvalue weighted by Gasteiger charge is -3.07. The van der Waals surface area contributed by atoms with Gasteiger partial charge in [-0.05, 0) is 41.9 Å². The topological polar surface area (TPSA) is 39.8 Å². The van der Waals surface area contributed by atoms with Gasteiger partial charge in [-0.15, -0.1) is 0 Å². The number of hydrogen-bond donors (Lipinski definition) is 0. The van der Waals surface area contributed by atoms with Gasteiger partial charge in [0.2, 0.25) is 0 Å². The molecule has 0 N–H and O–H groups in total. The zero-order valence-electron chi connectivity index (χ0n) is 13.6. The minimum atomic E-state index is -0.893. The molecular formula is C19H14F3N3O. The fourth-order valence-electron chi connectivity index (χ4n) is 8.40. The van der Waals surface area contributed by atoms with Crippen molar-refractivity contribution in [2.45, 2.75) is 30.1 Å². The summed E-state index contributed by atoms with van der Waals surface area (Å²) in [5.41, 5.74) is -0.828. The van der Waals surface area contributed by atoms with Gasteiger partial charge < -0.3 is 0 Å². The first-order chi connectivity index (χ1) is 12.5. The lowest BCUT2D eigenvalue weighted by Crippen LogP contribution is -3.14. The van der Waals surface area contributed by atoms with Crippen LogP contribution in [0.15, 0.2) is 23.0 Å². The molecule has 7 aliphatic rings. The highest BCUT2D eigenvalue weighted by Gasteiger charge is 3.12. The standard InChI is InChI=1S/C19H14F3N3O/c20-7-3-6(4-8(21)5-7)9-1-2-10-23-25(17(26)24(9)10)19-14-11-15(19)13-16(19)12(14)18(11,13)22/h3-5,9,11-16H,1-2H2/t9-,11?,12?,13?,14?,15?,16?,18?,19?/m0/s1. The summed E-state index contributed by atoms with van der Waals surface area (Å²) in [4.78, 5) is 13.2. The summed E-state index contributed by atoms with van der Waals surface area (Å²) in [6, 6.07) is 3.05. The van der Waals surface area contributed by atoms with Crippen LogP contribution in [0.4, 0.5) is 13.2 Å². The predicted molar refractivity (Wildman–Crippen MR) is 82.1 cm³/mol. The van der Waals surface area contributed by atoms with Crippen molar-refractivity contribution < 1.29 is 13.2 Å². The third-order valence-electron chi connectivity index (χ3n) is 8.93. The van der Waals surface area contributed by atoms with Crippen molar-refractivity contribution in [1.82, 2.24) is 14.3 Å². The number of nitrogens with zero attached hydrogens (tertiary/aromatic N) is 3. The molecule has 7 heteroatoms. The van der Waals surface area contributed by atoms with Gasteiger partial charge in [-0.3, -0.25) is 4.57 Å². The molecule has 26 heavy (non-hydrogen) atoms. The van der Waals surface area contributed by atoms with Gasteiger partial charge in [0.1, 0.15) is 23.1 Å². The molecular weight excluding hydrogens is 343 g/mol. The largest absolute Gasteiger partial charge is 0.347 e. The van der Waals surface area contributed by atoms with Crippen LogP contribution in [0, 0.1) is 47.1 Å². The predicted octanol–water partition coefficient (Wildman–Crippen LogP) is 2.03. The van der Waals surface area contributed by atoms with Crippen LogP contribution in [0.25, 0.3) is 0 Å². The summed E-state index contributed by atoms with van der Waals surface area (Å²) in [5, 5.41) is 4.63. The Bertz CT molecular complexity index is 1060. The van der Waals surface area contributed by atoms with E-state index in [1.165, 1.54) is 12.1 Å². The van der Waals surface area contributed by atoms with Gasteiger partial charge in [0.05, 0.1) is 11.6 Å². The SMILES string of the molecule is O=c1n(C23C4C5C2C2C3C4C52F)nc2n1[C@H](c1cc(F)cc(F)c1)CC2. The zero-order chi connectivity index (χ0) is 17.3. The van der Waals surface area contributed by atoms with Gasteiger partial charge in [0.25, 0.3) is 0 Å². The van der Waals surface area contributed by atoms with Crippen LogP contribution < -0.4 is 5.69 Å². The van der Waals surface area contributed by atoms with Crippen LogP contribution in [0.5, 0.6) is 0 Å². The second-order valence-electron chi connectivity index (χ2n) is 9.11. The van der Waals surface area contributed by atoms with Gasteiger partial charge >= 0.3 is 5.69 Å². The average Bonchev–Trinajstić information content (AvgIpc) is 3.16. The van der Waals surface area contributed by atoms with Crippen LogP contribution in [0.3, 0.4) is 0 Å². The van der Waals surface area contributed by atoms with Gasteiger partial charge in [-0.1, -0.05) is 0 Å². The summed E-state index contributed by atoms with van der Waals surface area (Å²) in [7, 11) is 0. The lowest BCUT2D eigenvalue weighted by molar-refractivity contribution is -0.637. The number of fused-ring (bicyclic) bond motifs is 1. The number of benzene rings is 1. The first-order valence-corrected chi connectivity index (χ1v) is 9.36. The van der Waals surface area contributed by atoms with Gasteiger partial charge in [-0.25, -0.2) is 22.6 Å². The Morgan fingerprint density at radius 2 is 1.62 bits per heavy atom. The highest BCUT2D eigenvalue weighted by molar-refractivity contribution is 5.58. The Labute approximate surface area is 145 Å². The monoisotopic (exact) mass is 357 g/mol. The molecule has 6 fully saturated rings. The molecule has 1 atom stereocenters. The fraction of sp³-hybridized carbons (Fsp3) is 0.579. The lowest BCUT2D eigenvalue weighted by atomic mass is 8.97. The maximum atomic E-state index is 14.5. The van der Waals surface area contributed by atoms with E-state index < -0.39 is 17.3 Å². The van der Waals surface area contributed by atoms with Crippen molar-refractivity contribution in [3.8, 4) is 0 Å². The number of alkyl halides is 1. The van der Waals surface area contributed by atoms with Crippen LogP contribution in [-0.4, -0.2) is 20.0 Å². The summed E-state index contributed by atoms with van der Waals surface area (Å²) in [6.45, 7) is 0. The molecule has 0 bridgehead atoms. The van der Waals surface area contributed by atoms with Crippen molar-refractivity contribution in [3.05, 3.63) is 51.7 Å². The first-order valence-electron chi connectivity index (χ1n) is 9.36. The smallest absolute Gasteiger partial charge is 0.271 e. The van der Waals surface area contributed by atoms with Crippen LogP contribution in [-0.2, 0) is 12.0 Å². The molecule has 0 spiro atoms. The Hall–Kier alpha value is -2.05. The van der Waals surface area contributed by atoms with Crippen LogP contribution >= 0.6 is 0 Å². The summed E-state index contributed by atoms with van der Waals surface area (Å²) in [6.07, 6.45) is 1.23. The summed E-state index contributed by atoms with van der Waals surface area (Å²) in [5.74, 6) is 0.805. The van der Waals surface area contributed by atoms with Crippen molar-refractivity contribution >= 4 is 0 Å². The van der Waals surface area contributed by atoms with Crippen molar-refractivity contribution in [2.75, 3.05) is 0 Å². The molecule has 1 aromatic carbocycles. The Kier molecular flexibility index (Phi) is 1.67. The van der Waals surface area contributed by atoms with E-state index in [1.807, 2.05) is 0 Å². The maximum Gasteiger partial charge on any atom is 0.347 e. The molecule has 6 saturated carbocycles. The van der Waals surface area contributed by atoms with E-state index >= 15 is 0 Å². The van der Waals surface area contributed by atoms with E-state index in [0.29, 0.717) is 42.0 Å². The van der Waals surface area contributed by atoms with E-state index in [9.17, 15) is 18.0 Å². The normalized spacial score (nSPS) is 52.2. The minimum Gasteiger partial charge on any atom is -0.271 e. The highest BCUT2D eigenvalue weighted by atomic mass is 19.1. The Morgan fingerprint density at radius 1 is 1.00 bits per heavy atom. The zero-order valence-corrected chi connectivity index (χ0v) is 13.6. The van der Waals surface area contributed by atoms with E-state index in [0.717, 1.165) is 6.07 Å². The van der Waals surface area contributed by atoms with E-state index in [-0.39, 0.29) is 35.0 Å². The molecule has 0 unspecified atom stereocenters. The third-order valence-corrected chi connectivity index (χ3v) is 8.93. The third kappa shape index (κ3) is 0.875. The maximum absolute atomic E-state index is 14.5. The molecule has 1 aliphatic heterocycles. The fourth-order valence-corrected chi connectivity index (χ4v) is 8.40. The molecule has 6 aliphatic carbocycles. The number of aromatic nitrogens is 3. The van der Waals surface area contributed by atoms with E-state index in [1.54, 1.807) is 9.25 Å². The summed E-state index contributed by atoms with van der Waals surface area (Å²) < 4.78 is 45.1. The molecule has 0 radical (unpaired) electrons.